The van der Waals surface area contributed by atoms with Crippen LogP contribution in [0.3, 0.4) is 0 Å². The fourth-order valence-electron chi connectivity index (χ4n) is 9.51. The fraction of sp³-hybridized carbons (Fsp3) is 0.0833. The molecule has 0 N–H and O–H groups in total. The lowest BCUT2D eigenvalue weighted by Gasteiger charge is -2.26. The first-order valence-electron chi connectivity index (χ1n) is 22.7. The van der Waals surface area contributed by atoms with Gasteiger partial charge in [-0.15, -0.1) is 0 Å². The zero-order chi connectivity index (χ0) is 44.6. The maximum absolute atomic E-state index is 5.22. The average Bonchev–Trinajstić information content (AvgIpc) is 3.70. The summed E-state index contributed by atoms with van der Waals surface area (Å²) in [4.78, 5) is 20.1. The third-order valence-electron chi connectivity index (χ3n) is 12.8. The first kappa shape index (κ1) is 40.4. The molecule has 10 aromatic rings. The predicted octanol–water partition coefficient (Wildman–Crippen LogP) is 15.9. The van der Waals surface area contributed by atoms with Gasteiger partial charge < -0.3 is 14.4 Å². The van der Waals surface area contributed by atoms with Gasteiger partial charge in [-0.2, -0.15) is 0 Å². The molecule has 8 aromatic carbocycles. The van der Waals surface area contributed by atoms with Crippen molar-refractivity contribution in [2.45, 2.75) is 33.6 Å². The van der Waals surface area contributed by atoms with Crippen LogP contribution in [0.4, 0.5) is 34.1 Å². The Morgan fingerprint density at radius 2 is 0.894 bits per heavy atom. The van der Waals surface area contributed by atoms with E-state index in [-0.39, 0.29) is 0 Å². The Bertz CT molecular complexity index is 3210. The second-order valence-electron chi connectivity index (χ2n) is 16.9. The van der Waals surface area contributed by atoms with Gasteiger partial charge in [-0.3, -0.25) is 0 Å². The van der Waals surface area contributed by atoms with E-state index in [0.29, 0.717) is 11.6 Å². The van der Waals surface area contributed by atoms with Gasteiger partial charge in [0, 0.05) is 61.7 Å². The number of aromatic nitrogens is 4. The van der Waals surface area contributed by atoms with Crippen LogP contribution in [0, 0.1) is 20.8 Å². The molecule has 11 rings (SSSR count). The topological polar surface area (TPSA) is 50.1 Å². The van der Waals surface area contributed by atoms with Gasteiger partial charge in [0.1, 0.15) is 0 Å². The van der Waals surface area contributed by atoms with Crippen molar-refractivity contribution in [2.24, 2.45) is 0 Å². The summed E-state index contributed by atoms with van der Waals surface area (Å²) in [5.74, 6) is 2.11. The van der Waals surface area contributed by atoms with Gasteiger partial charge in [-0.25, -0.2) is 15.0 Å². The van der Waals surface area contributed by atoms with E-state index in [1.165, 1.54) is 0 Å². The van der Waals surface area contributed by atoms with Crippen LogP contribution in [-0.4, -0.2) is 19.5 Å². The third kappa shape index (κ3) is 7.42. The minimum Gasteiger partial charge on any atom is -0.310 e. The van der Waals surface area contributed by atoms with Crippen LogP contribution in [0.15, 0.2) is 212 Å². The average molecular weight is 853 g/mol. The second kappa shape index (κ2) is 17.3. The number of fused-ring (bicyclic) bond motifs is 3. The molecule has 318 valence electrons. The van der Waals surface area contributed by atoms with Crippen molar-refractivity contribution in [3.8, 4) is 28.5 Å². The number of hydrogen-bond acceptors (Lipinski definition) is 5. The third-order valence-corrected chi connectivity index (χ3v) is 12.8. The van der Waals surface area contributed by atoms with Gasteiger partial charge >= 0.3 is 0 Å². The molecule has 66 heavy (non-hydrogen) atoms. The number of benzene rings is 8. The van der Waals surface area contributed by atoms with E-state index in [1.54, 1.807) is 0 Å². The summed E-state index contributed by atoms with van der Waals surface area (Å²) in [6, 6.07) is 68.9. The molecule has 2 aromatic heterocycles. The molecule has 0 saturated carbocycles. The summed E-state index contributed by atoms with van der Waals surface area (Å²) >= 11 is 0. The number of hydrogen-bond donors (Lipinski definition) is 0. The van der Waals surface area contributed by atoms with Crippen LogP contribution < -0.4 is 9.80 Å². The lowest BCUT2D eigenvalue weighted by Crippen LogP contribution is -2.09. The molecular formula is C60H48N6. The Morgan fingerprint density at radius 1 is 0.439 bits per heavy atom. The van der Waals surface area contributed by atoms with Crippen molar-refractivity contribution < 1.29 is 0 Å². The molecule has 0 spiro atoms. The van der Waals surface area contributed by atoms with Gasteiger partial charge in [0.05, 0.1) is 11.0 Å². The normalized spacial score (nSPS) is 12.4. The molecule has 6 nitrogen and oxygen atoms in total. The van der Waals surface area contributed by atoms with E-state index in [4.69, 9.17) is 15.0 Å². The molecule has 1 aliphatic carbocycles. The smallest absolute Gasteiger partial charge is 0.164 e. The van der Waals surface area contributed by atoms with E-state index in [9.17, 15) is 0 Å². The Balaban J connectivity index is 1.14. The van der Waals surface area contributed by atoms with Crippen LogP contribution in [0.25, 0.3) is 55.8 Å². The molecular weight excluding hydrogens is 805 g/mol. The number of para-hydroxylation sites is 4. The Morgan fingerprint density at radius 3 is 1.36 bits per heavy atom. The Hall–Kier alpha value is -8.35. The number of nitrogens with zero attached hydrogens (tertiary/aromatic N) is 6. The molecule has 0 saturated heterocycles. The second-order valence-corrected chi connectivity index (χ2v) is 16.9. The van der Waals surface area contributed by atoms with Gasteiger partial charge in [0.2, 0.25) is 0 Å². The van der Waals surface area contributed by atoms with Crippen molar-refractivity contribution in [2.75, 3.05) is 9.80 Å². The summed E-state index contributed by atoms with van der Waals surface area (Å²) < 4.78 is 2.45. The van der Waals surface area contributed by atoms with E-state index in [1.807, 2.05) is 18.2 Å². The van der Waals surface area contributed by atoms with Crippen molar-refractivity contribution in [3.05, 3.63) is 235 Å². The van der Waals surface area contributed by atoms with Crippen molar-refractivity contribution in [3.63, 3.8) is 0 Å². The highest BCUT2D eigenvalue weighted by molar-refractivity contribution is 6.12. The molecule has 0 bridgehead atoms. The van der Waals surface area contributed by atoms with E-state index >= 15 is 0 Å². The fourth-order valence-corrected chi connectivity index (χ4v) is 9.51. The molecule has 0 atom stereocenters. The van der Waals surface area contributed by atoms with Gasteiger partial charge in [0.25, 0.3) is 0 Å². The number of aryl methyl sites for hydroxylation is 1. The SMILES string of the molecule is Cc1cc(-n2c3ccc(N(c4ccccc4)c4ccccc4)cc3c3cc(N(c4ccccc4)c4ccccc4)ccc32)c(C)c(C)c1-c1nc(C2=CC=CCC2)nc(-c2ccccc2)n1. The van der Waals surface area contributed by atoms with Gasteiger partial charge in [0.15, 0.2) is 17.5 Å². The van der Waals surface area contributed by atoms with Gasteiger partial charge in [-0.05, 0) is 147 Å². The van der Waals surface area contributed by atoms with Crippen LogP contribution in [-0.2, 0) is 0 Å². The minimum absolute atomic E-state index is 0.681. The largest absolute Gasteiger partial charge is 0.310 e. The number of anilines is 6. The Labute approximate surface area is 386 Å². The molecule has 0 unspecified atom stereocenters. The van der Waals surface area contributed by atoms with Gasteiger partial charge in [-0.1, -0.05) is 121 Å². The van der Waals surface area contributed by atoms with Crippen molar-refractivity contribution >= 4 is 61.5 Å². The highest BCUT2D eigenvalue weighted by Crippen LogP contribution is 2.44. The monoisotopic (exact) mass is 852 g/mol. The minimum atomic E-state index is 0.681. The van der Waals surface area contributed by atoms with E-state index in [2.05, 4.69) is 229 Å². The summed E-state index contributed by atoms with van der Waals surface area (Å²) in [5.41, 5.74) is 16.4. The van der Waals surface area contributed by atoms with Crippen LogP contribution in [0.5, 0.6) is 0 Å². The summed E-state index contributed by atoms with van der Waals surface area (Å²) in [6.45, 7) is 6.65. The first-order chi connectivity index (χ1) is 32.5. The van der Waals surface area contributed by atoms with Crippen LogP contribution in [0.1, 0.15) is 35.4 Å². The summed E-state index contributed by atoms with van der Waals surface area (Å²) in [5, 5.41) is 2.32. The number of rotatable bonds is 10. The highest BCUT2D eigenvalue weighted by Gasteiger charge is 2.24. The lowest BCUT2D eigenvalue weighted by molar-refractivity contribution is 0.974. The molecule has 1 aliphatic rings. The molecule has 6 heteroatoms. The highest BCUT2D eigenvalue weighted by atomic mass is 15.2. The van der Waals surface area contributed by atoms with Crippen molar-refractivity contribution in [1.29, 1.82) is 0 Å². The number of allylic oxidation sites excluding steroid dienone is 4. The molecule has 2 heterocycles. The molecule has 0 fully saturated rings. The van der Waals surface area contributed by atoms with E-state index in [0.717, 1.165) is 114 Å². The molecule has 0 amide bonds. The maximum atomic E-state index is 5.22. The van der Waals surface area contributed by atoms with Crippen molar-refractivity contribution in [1.82, 2.24) is 19.5 Å². The first-order valence-corrected chi connectivity index (χ1v) is 22.7. The summed E-state index contributed by atoms with van der Waals surface area (Å²) in [7, 11) is 0. The Kier molecular flexibility index (Phi) is 10.6. The van der Waals surface area contributed by atoms with E-state index < -0.39 is 0 Å². The lowest BCUT2D eigenvalue weighted by atomic mass is 9.95. The summed E-state index contributed by atoms with van der Waals surface area (Å²) in [6.07, 6.45) is 8.31. The molecule has 0 aliphatic heterocycles. The zero-order valence-corrected chi connectivity index (χ0v) is 37.3. The van der Waals surface area contributed by atoms with Crippen LogP contribution in [0.2, 0.25) is 0 Å². The molecule has 0 radical (unpaired) electrons. The predicted molar refractivity (Wildman–Crippen MR) is 275 cm³/mol. The standard InChI is InChI=1S/C60H48N6/c1-41-38-56(42(2)43(3)57(41)60-62-58(44-22-10-4-11-23-44)61-59(63-60)45-24-12-5-13-25-45)66-54-36-34-50(64(46-26-14-6-15-27-46)47-28-16-7-17-29-47)39-52(54)53-40-51(35-37-55(53)66)65(48-30-18-8-19-31-48)49-32-20-9-21-33-49/h4-12,14-24,26-40H,13,25H2,1-3H3. The zero-order valence-electron chi connectivity index (χ0n) is 37.3. The quantitative estimate of drug-likeness (QED) is 0.137. The van der Waals surface area contributed by atoms with Crippen LogP contribution >= 0.6 is 0 Å². The maximum Gasteiger partial charge on any atom is 0.164 e.